The molecule has 4 atom stereocenters. The Balaban J connectivity index is 1.60. The van der Waals surface area contributed by atoms with Crippen LogP contribution in [-0.4, -0.2) is 41.4 Å². The molecule has 0 aromatic heterocycles. The fraction of sp³-hybridized carbons (Fsp3) is 0.647. The van der Waals surface area contributed by atoms with E-state index >= 15 is 0 Å². The van der Waals surface area contributed by atoms with Crippen molar-refractivity contribution in [3.8, 4) is 11.5 Å². The minimum Gasteiger partial charge on any atom is -0.504 e. The van der Waals surface area contributed by atoms with Crippen LogP contribution in [0.4, 0.5) is 0 Å². The van der Waals surface area contributed by atoms with Gasteiger partial charge in [-0.25, -0.2) is 0 Å². The number of hydrogen-bond acceptors (Lipinski definition) is 4. The SMILES string of the molecule is COc1ccc(CN(C)C2C[C@H]3CC(O)C[C@H]3C2)cc1O. The van der Waals surface area contributed by atoms with Gasteiger partial charge in [-0.2, -0.15) is 0 Å². The normalized spacial score (nSPS) is 31.6. The molecule has 4 heteroatoms. The topological polar surface area (TPSA) is 52.9 Å². The van der Waals surface area contributed by atoms with Gasteiger partial charge in [-0.3, -0.25) is 4.90 Å². The number of aromatic hydroxyl groups is 1. The summed E-state index contributed by atoms with van der Waals surface area (Å²) in [6, 6.07) is 6.21. The van der Waals surface area contributed by atoms with Crippen LogP contribution in [0.1, 0.15) is 31.2 Å². The predicted octanol–water partition coefficient (Wildman–Crippen LogP) is 2.38. The lowest BCUT2D eigenvalue weighted by Gasteiger charge is -2.25. The Kier molecular flexibility index (Phi) is 4.09. The summed E-state index contributed by atoms with van der Waals surface area (Å²) in [5.41, 5.74) is 1.10. The molecule has 1 aromatic rings. The molecule has 2 unspecified atom stereocenters. The van der Waals surface area contributed by atoms with Gasteiger partial charge in [0.2, 0.25) is 0 Å². The number of phenols is 1. The van der Waals surface area contributed by atoms with E-state index in [9.17, 15) is 10.2 Å². The zero-order valence-corrected chi connectivity index (χ0v) is 12.8. The standard InChI is InChI=1S/C17H25NO3/c1-18(10-11-3-4-17(21-2)16(20)5-11)14-6-12-8-15(19)9-13(12)7-14/h3-5,12-15,19-20H,6-10H2,1-2H3/t12-,13+,14?,15?. The molecule has 116 valence electrons. The van der Waals surface area contributed by atoms with E-state index in [2.05, 4.69) is 11.9 Å². The minimum absolute atomic E-state index is 0.0650. The number of aliphatic hydroxyl groups is 1. The third-order valence-corrected chi connectivity index (χ3v) is 5.26. The zero-order valence-electron chi connectivity index (χ0n) is 12.8. The highest BCUT2D eigenvalue weighted by atomic mass is 16.5. The third-order valence-electron chi connectivity index (χ3n) is 5.26. The lowest BCUT2D eigenvalue weighted by Crippen LogP contribution is -2.29. The van der Waals surface area contributed by atoms with Gasteiger partial charge in [0.05, 0.1) is 13.2 Å². The molecule has 0 radical (unpaired) electrons. The number of hydrogen-bond donors (Lipinski definition) is 2. The van der Waals surface area contributed by atoms with Gasteiger partial charge in [0.15, 0.2) is 11.5 Å². The first-order valence-corrected chi connectivity index (χ1v) is 7.81. The van der Waals surface area contributed by atoms with Crippen molar-refractivity contribution in [2.24, 2.45) is 11.8 Å². The van der Waals surface area contributed by atoms with Crippen LogP contribution in [-0.2, 0) is 6.54 Å². The predicted molar refractivity (Wildman–Crippen MR) is 81.4 cm³/mol. The molecule has 0 heterocycles. The second-order valence-electron chi connectivity index (χ2n) is 6.69. The summed E-state index contributed by atoms with van der Waals surface area (Å²) < 4.78 is 5.08. The van der Waals surface area contributed by atoms with Gasteiger partial charge < -0.3 is 14.9 Å². The summed E-state index contributed by atoms with van der Waals surface area (Å²) >= 11 is 0. The molecule has 2 N–H and O–H groups in total. The van der Waals surface area contributed by atoms with Crippen molar-refractivity contribution in [2.75, 3.05) is 14.2 Å². The molecule has 2 saturated carbocycles. The van der Waals surface area contributed by atoms with Crippen molar-refractivity contribution in [3.05, 3.63) is 23.8 Å². The maximum atomic E-state index is 9.86. The van der Waals surface area contributed by atoms with E-state index in [0.29, 0.717) is 23.6 Å². The highest BCUT2D eigenvalue weighted by Crippen LogP contribution is 2.45. The van der Waals surface area contributed by atoms with Gasteiger partial charge in [-0.1, -0.05) is 6.07 Å². The van der Waals surface area contributed by atoms with Gasteiger partial charge in [0.25, 0.3) is 0 Å². The Labute approximate surface area is 126 Å². The summed E-state index contributed by atoms with van der Waals surface area (Å²) in [5, 5.41) is 19.6. The molecule has 0 bridgehead atoms. The maximum Gasteiger partial charge on any atom is 0.160 e. The van der Waals surface area contributed by atoms with Crippen molar-refractivity contribution in [2.45, 2.75) is 44.4 Å². The molecule has 4 nitrogen and oxygen atoms in total. The van der Waals surface area contributed by atoms with Gasteiger partial charge >= 0.3 is 0 Å². The molecule has 2 aliphatic rings. The quantitative estimate of drug-likeness (QED) is 0.894. The van der Waals surface area contributed by atoms with Gasteiger partial charge in [-0.05, 0) is 62.3 Å². The highest BCUT2D eigenvalue weighted by molar-refractivity contribution is 5.41. The van der Waals surface area contributed by atoms with Crippen LogP contribution in [0.5, 0.6) is 11.5 Å². The van der Waals surface area contributed by atoms with E-state index in [1.165, 1.54) is 12.8 Å². The lowest BCUT2D eigenvalue weighted by atomic mass is 10.0. The minimum atomic E-state index is -0.0650. The maximum absolute atomic E-state index is 9.86. The molecule has 0 spiro atoms. The second-order valence-corrected chi connectivity index (χ2v) is 6.69. The van der Waals surface area contributed by atoms with Gasteiger partial charge in [0, 0.05) is 12.6 Å². The summed E-state index contributed by atoms with van der Waals surface area (Å²) in [4.78, 5) is 2.38. The molecule has 0 saturated heterocycles. The Morgan fingerprint density at radius 1 is 1.19 bits per heavy atom. The summed E-state index contributed by atoms with van der Waals surface area (Å²) in [7, 11) is 3.72. The second kappa shape index (κ2) is 5.85. The van der Waals surface area contributed by atoms with Gasteiger partial charge in [-0.15, -0.1) is 0 Å². The smallest absolute Gasteiger partial charge is 0.160 e. The monoisotopic (exact) mass is 291 g/mol. The van der Waals surface area contributed by atoms with E-state index in [1.807, 2.05) is 12.1 Å². The van der Waals surface area contributed by atoms with Crippen molar-refractivity contribution >= 4 is 0 Å². The van der Waals surface area contributed by atoms with Crippen LogP contribution in [0.3, 0.4) is 0 Å². The Hall–Kier alpha value is -1.26. The third kappa shape index (κ3) is 3.01. The average molecular weight is 291 g/mol. The number of benzene rings is 1. The Morgan fingerprint density at radius 3 is 2.43 bits per heavy atom. The van der Waals surface area contributed by atoms with Crippen LogP contribution in [0.25, 0.3) is 0 Å². The highest BCUT2D eigenvalue weighted by Gasteiger charge is 2.42. The first-order valence-electron chi connectivity index (χ1n) is 7.81. The number of rotatable bonds is 4. The number of fused-ring (bicyclic) bond motifs is 1. The lowest BCUT2D eigenvalue weighted by molar-refractivity contribution is 0.158. The van der Waals surface area contributed by atoms with Crippen LogP contribution in [0.15, 0.2) is 18.2 Å². The van der Waals surface area contributed by atoms with Crippen LogP contribution < -0.4 is 4.74 Å². The number of aliphatic hydroxyl groups excluding tert-OH is 1. The fourth-order valence-electron chi connectivity index (χ4n) is 4.16. The van der Waals surface area contributed by atoms with Crippen molar-refractivity contribution < 1.29 is 14.9 Å². The molecule has 2 fully saturated rings. The number of methoxy groups -OCH3 is 1. The molecule has 0 aliphatic heterocycles. The van der Waals surface area contributed by atoms with E-state index in [-0.39, 0.29) is 11.9 Å². The van der Waals surface area contributed by atoms with Crippen LogP contribution in [0.2, 0.25) is 0 Å². The first-order chi connectivity index (χ1) is 10.1. The Morgan fingerprint density at radius 2 is 1.86 bits per heavy atom. The first kappa shape index (κ1) is 14.7. The molecular weight excluding hydrogens is 266 g/mol. The number of phenolic OH excluding ortho intramolecular Hbond substituents is 1. The van der Waals surface area contributed by atoms with Gasteiger partial charge in [0.1, 0.15) is 0 Å². The zero-order chi connectivity index (χ0) is 15.0. The van der Waals surface area contributed by atoms with E-state index in [0.717, 1.165) is 24.9 Å². The number of nitrogens with zero attached hydrogens (tertiary/aromatic N) is 1. The molecule has 0 amide bonds. The van der Waals surface area contributed by atoms with Crippen LogP contribution in [0, 0.1) is 11.8 Å². The number of ether oxygens (including phenoxy) is 1. The molecule has 3 rings (SSSR count). The molecule has 1 aromatic carbocycles. The molecule has 21 heavy (non-hydrogen) atoms. The Bertz CT molecular complexity index is 491. The largest absolute Gasteiger partial charge is 0.504 e. The molecular formula is C17H25NO3. The summed E-state index contributed by atoms with van der Waals surface area (Å²) in [5.74, 6) is 2.13. The van der Waals surface area contributed by atoms with Crippen molar-refractivity contribution in [1.82, 2.24) is 4.90 Å². The summed E-state index contributed by atoms with van der Waals surface area (Å²) in [6.45, 7) is 0.838. The van der Waals surface area contributed by atoms with E-state index in [1.54, 1.807) is 13.2 Å². The fourth-order valence-corrected chi connectivity index (χ4v) is 4.16. The molecule has 2 aliphatic carbocycles. The average Bonchev–Trinajstić information content (AvgIpc) is 2.96. The van der Waals surface area contributed by atoms with E-state index < -0.39 is 0 Å². The summed E-state index contributed by atoms with van der Waals surface area (Å²) in [6.07, 6.45) is 4.29. The van der Waals surface area contributed by atoms with E-state index in [4.69, 9.17) is 4.74 Å². The van der Waals surface area contributed by atoms with Crippen molar-refractivity contribution in [1.29, 1.82) is 0 Å². The van der Waals surface area contributed by atoms with Crippen LogP contribution >= 0.6 is 0 Å². The van der Waals surface area contributed by atoms with Crippen molar-refractivity contribution in [3.63, 3.8) is 0 Å².